The number of hydrogen-bond acceptors (Lipinski definition) is 4. The van der Waals surface area contributed by atoms with E-state index in [0.717, 1.165) is 12.8 Å². The van der Waals surface area contributed by atoms with E-state index in [2.05, 4.69) is 22.4 Å². The van der Waals surface area contributed by atoms with E-state index < -0.39 is 11.8 Å². The molecule has 1 fully saturated rings. The molecular weight excluding hydrogens is 308 g/mol. The van der Waals surface area contributed by atoms with Crippen molar-refractivity contribution < 1.29 is 9.59 Å². The Hall–Kier alpha value is -2.70. The molecule has 1 aromatic carbocycles. The minimum Gasteiger partial charge on any atom is -0.342 e. The lowest BCUT2D eigenvalue weighted by Gasteiger charge is -2.29. The third kappa shape index (κ3) is 3.29. The maximum Gasteiger partial charge on any atom is 0.311 e. The molecule has 2 aromatic rings. The molecule has 0 aliphatic carbocycles. The lowest BCUT2D eigenvalue weighted by atomic mass is 9.99. The zero-order chi connectivity index (χ0) is 17.1. The molecule has 2 heterocycles. The summed E-state index contributed by atoms with van der Waals surface area (Å²) in [5.74, 6) is -0.550. The Kier molecular flexibility index (Phi) is 4.59. The van der Waals surface area contributed by atoms with Crippen LogP contribution in [0.4, 0.5) is 0 Å². The van der Waals surface area contributed by atoms with Gasteiger partial charge in [-0.05, 0) is 24.8 Å². The zero-order valence-electron chi connectivity index (χ0n) is 13.5. The largest absolute Gasteiger partial charge is 0.342 e. The number of fused-ring (bicyclic) bond motifs is 1. The van der Waals surface area contributed by atoms with E-state index in [0.29, 0.717) is 35.5 Å². The highest BCUT2D eigenvalue weighted by atomic mass is 16.2. The average Bonchev–Trinajstić information content (AvgIpc) is 2.61. The summed E-state index contributed by atoms with van der Waals surface area (Å²) in [4.78, 5) is 37.6. The number of carbonyl (C=O) groups excluding carboxylic acids is 2. The fourth-order valence-electron chi connectivity index (χ4n) is 2.90. The van der Waals surface area contributed by atoms with Gasteiger partial charge in [0.15, 0.2) is 0 Å². The quantitative estimate of drug-likeness (QED) is 0.797. The van der Waals surface area contributed by atoms with Crippen LogP contribution in [0.25, 0.3) is 10.8 Å². The number of likely N-dealkylation sites (tertiary alicyclic amines) is 1. The number of nitrogens with zero attached hydrogens (tertiary/aromatic N) is 2. The van der Waals surface area contributed by atoms with Crippen molar-refractivity contribution >= 4 is 22.6 Å². The third-order valence-electron chi connectivity index (χ3n) is 4.46. The first-order chi connectivity index (χ1) is 11.6. The van der Waals surface area contributed by atoms with Crippen LogP contribution in [0.2, 0.25) is 0 Å². The van der Waals surface area contributed by atoms with Gasteiger partial charge in [-0.3, -0.25) is 14.4 Å². The number of benzene rings is 1. The Morgan fingerprint density at radius 3 is 2.62 bits per heavy atom. The van der Waals surface area contributed by atoms with E-state index in [1.165, 1.54) is 0 Å². The second kappa shape index (κ2) is 6.82. The number of aromatic nitrogens is 2. The van der Waals surface area contributed by atoms with E-state index in [4.69, 9.17) is 0 Å². The summed E-state index contributed by atoms with van der Waals surface area (Å²) in [6.07, 6.45) is 1.84. The smallest absolute Gasteiger partial charge is 0.311 e. The summed E-state index contributed by atoms with van der Waals surface area (Å²) in [6.45, 7) is 3.47. The zero-order valence-corrected chi connectivity index (χ0v) is 13.5. The summed E-state index contributed by atoms with van der Waals surface area (Å²) in [5.41, 5.74) is 0.248. The van der Waals surface area contributed by atoms with Crippen LogP contribution in [0.1, 0.15) is 25.5 Å². The van der Waals surface area contributed by atoms with Gasteiger partial charge in [-0.25, -0.2) is 5.10 Å². The second-order valence-corrected chi connectivity index (χ2v) is 6.20. The van der Waals surface area contributed by atoms with Crippen molar-refractivity contribution in [2.45, 2.75) is 26.3 Å². The third-order valence-corrected chi connectivity index (χ3v) is 4.46. The number of aromatic amines is 1. The Labute approximate surface area is 139 Å². The highest BCUT2D eigenvalue weighted by Crippen LogP contribution is 2.16. The van der Waals surface area contributed by atoms with Gasteiger partial charge < -0.3 is 10.2 Å². The molecule has 1 aliphatic heterocycles. The predicted molar refractivity (Wildman–Crippen MR) is 89.2 cm³/mol. The molecule has 0 atom stereocenters. The minimum atomic E-state index is -0.637. The molecule has 1 aromatic heterocycles. The predicted octanol–water partition coefficient (Wildman–Crippen LogP) is 0.798. The number of rotatable bonds is 2. The van der Waals surface area contributed by atoms with Gasteiger partial charge in [0.1, 0.15) is 0 Å². The van der Waals surface area contributed by atoms with Gasteiger partial charge in [0.05, 0.1) is 17.6 Å². The molecule has 0 unspecified atom stereocenters. The number of amides is 2. The minimum absolute atomic E-state index is 0.0894. The Morgan fingerprint density at radius 2 is 1.92 bits per heavy atom. The molecule has 7 heteroatoms. The van der Waals surface area contributed by atoms with Crippen molar-refractivity contribution in [2.75, 3.05) is 13.1 Å². The lowest BCUT2D eigenvalue weighted by Crippen LogP contribution is -2.46. The van der Waals surface area contributed by atoms with E-state index in [9.17, 15) is 14.4 Å². The summed E-state index contributed by atoms with van der Waals surface area (Å²) in [6, 6.07) is 7.03. The molecule has 0 radical (unpaired) electrons. The standard InChI is InChI=1S/C17H20N4O3/c1-11-6-8-21(9-7-11)17(24)16(23)18-10-14-12-4-2-3-5-13(12)15(22)20-19-14/h2-5,11H,6-10H2,1H3,(H,18,23)(H,20,22). The molecule has 126 valence electrons. The van der Waals surface area contributed by atoms with E-state index in [1.807, 2.05) is 0 Å². The Bertz CT molecular complexity index is 822. The van der Waals surface area contributed by atoms with Crippen molar-refractivity contribution in [3.05, 3.63) is 40.3 Å². The van der Waals surface area contributed by atoms with Crippen LogP contribution in [-0.2, 0) is 16.1 Å². The van der Waals surface area contributed by atoms with Gasteiger partial charge in [0, 0.05) is 18.5 Å². The van der Waals surface area contributed by atoms with Crippen LogP contribution in [-0.4, -0.2) is 40.0 Å². The highest BCUT2D eigenvalue weighted by molar-refractivity contribution is 6.35. The van der Waals surface area contributed by atoms with Gasteiger partial charge in [0.2, 0.25) is 0 Å². The van der Waals surface area contributed by atoms with Crippen molar-refractivity contribution in [3.8, 4) is 0 Å². The number of carbonyl (C=O) groups is 2. The van der Waals surface area contributed by atoms with Crippen molar-refractivity contribution in [3.63, 3.8) is 0 Å². The number of piperidine rings is 1. The van der Waals surface area contributed by atoms with Crippen molar-refractivity contribution in [1.82, 2.24) is 20.4 Å². The number of H-pyrrole nitrogens is 1. The summed E-state index contributed by atoms with van der Waals surface area (Å²) in [7, 11) is 0. The van der Waals surface area contributed by atoms with Gasteiger partial charge in [-0.1, -0.05) is 25.1 Å². The lowest BCUT2D eigenvalue weighted by molar-refractivity contribution is -0.146. The molecule has 2 N–H and O–H groups in total. The van der Waals surface area contributed by atoms with Gasteiger partial charge in [-0.15, -0.1) is 0 Å². The molecule has 0 spiro atoms. The van der Waals surface area contributed by atoms with Crippen LogP contribution in [0.15, 0.2) is 29.1 Å². The molecule has 3 rings (SSSR count). The molecule has 1 aliphatic rings. The topological polar surface area (TPSA) is 95.2 Å². The first-order valence-electron chi connectivity index (χ1n) is 8.09. The van der Waals surface area contributed by atoms with Crippen LogP contribution < -0.4 is 10.9 Å². The molecular formula is C17H20N4O3. The SMILES string of the molecule is CC1CCN(C(=O)C(=O)NCc2n[nH]c(=O)c3ccccc23)CC1. The Balaban J connectivity index is 1.67. The molecule has 2 amide bonds. The van der Waals surface area contributed by atoms with Crippen LogP contribution >= 0.6 is 0 Å². The molecule has 1 saturated heterocycles. The summed E-state index contributed by atoms with van der Waals surface area (Å²) in [5, 5.41) is 10.2. The fourth-order valence-corrected chi connectivity index (χ4v) is 2.90. The summed E-state index contributed by atoms with van der Waals surface area (Å²) >= 11 is 0. The van der Waals surface area contributed by atoms with Crippen molar-refractivity contribution in [2.24, 2.45) is 5.92 Å². The van der Waals surface area contributed by atoms with Crippen LogP contribution in [0.3, 0.4) is 0 Å². The van der Waals surface area contributed by atoms with Crippen LogP contribution in [0, 0.1) is 5.92 Å². The first-order valence-corrected chi connectivity index (χ1v) is 8.09. The maximum absolute atomic E-state index is 12.2. The molecule has 24 heavy (non-hydrogen) atoms. The van der Waals surface area contributed by atoms with Crippen molar-refractivity contribution in [1.29, 1.82) is 0 Å². The van der Waals surface area contributed by atoms with Gasteiger partial charge in [-0.2, -0.15) is 5.10 Å². The van der Waals surface area contributed by atoms with Crippen LogP contribution in [0.5, 0.6) is 0 Å². The first kappa shape index (κ1) is 16.2. The highest BCUT2D eigenvalue weighted by Gasteiger charge is 2.25. The fraction of sp³-hybridized carbons (Fsp3) is 0.412. The van der Waals surface area contributed by atoms with E-state index >= 15 is 0 Å². The van der Waals surface area contributed by atoms with E-state index in [-0.39, 0.29) is 12.1 Å². The molecule has 0 bridgehead atoms. The summed E-state index contributed by atoms with van der Waals surface area (Å²) < 4.78 is 0. The maximum atomic E-state index is 12.2. The second-order valence-electron chi connectivity index (χ2n) is 6.20. The average molecular weight is 328 g/mol. The molecule has 7 nitrogen and oxygen atoms in total. The normalized spacial score (nSPS) is 15.5. The Morgan fingerprint density at radius 1 is 1.25 bits per heavy atom. The van der Waals surface area contributed by atoms with E-state index in [1.54, 1.807) is 29.2 Å². The van der Waals surface area contributed by atoms with Gasteiger partial charge in [0.25, 0.3) is 5.56 Å². The number of hydrogen-bond donors (Lipinski definition) is 2. The van der Waals surface area contributed by atoms with Gasteiger partial charge >= 0.3 is 11.8 Å². The molecule has 0 saturated carbocycles. The monoisotopic (exact) mass is 328 g/mol. The number of nitrogens with one attached hydrogen (secondary N) is 2.